The van der Waals surface area contributed by atoms with E-state index >= 15 is 0 Å². The van der Waals surface area contributed by atoms with Crippen LogP contribution in [0.3, 0.4) is 0 Å². The summed E-state index contributed by atoms with van der Waals surface area (Å²) in [4.78, 5) is 9.93. The summed E-state index contributed by atoms with van der Waals surface area (Å²) in [5, 5.41) is -0.269. The number of halogens is 1. The van der Waals surface area contributed by atoms with E-state index < -0.39 is 0 Å². The Kier molecular flexibility index (Phi) is 4.67. The van der Waals surface area contributed by atoms with Gasteiger partial charge in [-0.3, -0.25) is 4.79 Å². The average Bonchev–Trinajstić information content (AvgIpc) is 1.61. The summed E-state index contributed by atoms with van der Waals surface area (Å²) in [7, 11) is 0. The van der Waals surface area contributed by atoms with Crippen molar-refractivity contribution in [3.05, 3.63) is 0 Å². The third kappa shape index (κ3) is 6.31. The largest absolute Gasteiger partial charge is 0.281 e. The van der Waals surface area contributed by atoms with Crippen LogP contribution in [0.2, 0.25) is 0 Å². The summed E-state index contributed by atoms with van der Waals surface area (Å²) >= 11 is 8.87. The second-order valence-electron chi connectivity index (χ2n) is 1.18. The van der Waals surface area contributed by atoms with Crippen LogP contribution < -0.4 is 0 Å². The highest BCUT2D eigenvalue weighted by molar-refractivity contribution is 7.80. The Balaban J connectivity index is 2.82. The summed E-state index contributed by atoms with van der Waals surface area (Å²) < 4.78 is 0. The molecule has 0 aromatic rings. The smallest absolute Gasteiger partial charge is 0.221 e. The summed E-state index contributed by atoms with van der Waals surface area (Å²) in [5.41, 5.74) is 0. The Bertz CT molecular complexity index is 64.7. The predicted molar refractivity (Wildman–Crippen MR) is 33.9 cm³/mol. The quantitative estimate of drug-likeness (QED) is 0.462. The Morgan fingerprint density at radius 3 is 2.43 bits per heavy atom. The van der Waals surface area contributed by atoms with Gasteiger partial charge in [0, 0.05) is 6.42 Å². The first-order valence-corrected chi connectivity index (χ1v) is 3.07. The second-order valence-corrected chi connectivity index (χ2v) is 2.05. The zero-order valence-electron chi connectivity index (χ0n) is 3.85. The molecule has 0 rings (SSSR count). The molecule has 0 aromatic carbocycles. The van der Waals surface area contributed by atoms with Crippen LogP contribution in [0.1, 0.15) is 12.8 Å². The van der Waals surface area contributed by atoms with E-state index in [9.17, 15) is 4.79 Å². The van der Waals surface area contributed by atoms with Gasteiger partial charge in [-0.15, -0.1) is 0 Å². The van der Waals surface area contributed by atoms with Gasteiger partial charge < -0.3 is 0 Å². The number of carbonyl (C=O) groups excluding carboxylic acids is 1. The van der Waals surface area contributed by atoms with Gasteiger partial charge in [0.1, 0.15) is 0 Å². The van der Waals surface area contributed by atoms with E-state index in [1.54, 1.807) is 0 Å². The average molecular weight is 139 g/mol. The lowest BCUT2D eigenvalue weighted by Gasteiger charge is -1.84. The topological polar surface area (TPSA) is 17.1 Å². The summed E-state index contributed by atoms with van der Waals surface area (Å²) in [6.45, 7) is 0. The highest BCUT2D eigenvalue weighted by Gasteiger charge is 1.90. The monoisotopic (exact) mass is 138 g/mol. The molecular weight excluding hydrogens is 132 g/mol. The van der Waals surface area contributed by atoms with E-state index in [1.807, 2.05) is 0 Å². The van der Waals surface area contributed by atoms with Crippen molar-refractivity contribution < 1.29 is 4.79 Å². The minimum absolute atomic E-state index is 0.269. The van der Waals surface area contributed by atoms with Crippen molar-refractivity contribution in [3.8, 4) is 0 Å². The summed E-state index contributed by atoms with van der Waals surface area (Å²) in [5.74, 6) is 0.735. The van der Waals surface area contributed by atoms with E-state index in [1.165, 1.54) is 0 Å². The number of carbonyl (C=O) groups is 1. The molecule has 0 unspecified atom stereocenters. The molecule has 0 spiro atoms. The maximum atomic E-state index is 9.93. The first kappa shape index (κ1) is 7.31. The summed E-state index contributed by atoms with van der Waals surface area (Å²) in [6.07, 6.45) is 1.23. The minimum Gasteiger partial charge on any atom is -0.281 e. The number of hydrogen-bond donors (Lipinski definition) is 1. The van der Waals surface area contributed by atoms with Crippen molar-refractivity contribution in [2.24, 2.45) is 0 Å². The third-order valence-corrected chi connectivity index (χ3v) is 1.04. The van der Waals surface area contributed by atoms with Gasteiger partial charge in [0.15, 0.2) is 0 Å². The molecule has 0 amide bonds. The number of rotatable bonds is 3. The normalized spacial score (nSPS) is 8.86. The molecule has 0 aliphatic heterocycles. The molecule has 7 heavy (non-hydrogen) atoms. The van der Waals surface area contributed by atoms with Gasteiger partial charge in [-0.05, 0) is 23.8 Å². The zero-order valence-corrected chi connectivity index (χ0v) is 5.51. The van der Waals surface area contributed by atoms with Gasteiger partial charge in [-0.2, -0.15) is 12.6 Å². The number of hydrogen-bond acceptors (Lipinski definition) is 2. The molecule has 0 heterocycles. The van der Waals surface area contributed by atoms with Crippen molar-refractivity contribution in [3.63, 3.8) is 0 Å². The molecule has 0 N–H and O–H groups in total. The SMILES string of the molecule is O=C(Cl)CCCS. The van der Waals surface area contributed by atoms with Crippen molar-refractivity contribution in [2.75, 3.05) is 5.75 Å². The minimum atomic E-state index is -0.269. The van der Waals surface area contributed by atoms with Gasteiger partial charge in [0.25, 0.3) is 0 Å². The van der Waals surface area contributed by atoms with Gasteiger partial charge in [0.2, 0.25) is 5.24 Å². The fourth-order valence-corrected chi connectivity index (χ4v) is 0.510. The van der Waals surface area contributed by atoms with Crippen LogP contribution in [-0.2, 0) is 4.79 Å². The molecule has 42 valence electrons. The Hall–Kier alpha value is 0.310. The maximum Gasteiger partial charge on any atom is 0.221 e. The highest BCUT2D eigenvalue weighted by atomic mass is 35.5. The summed E-state index contributed by atoms with van der Waals surface area (Å²) in [6, 6.07) is 0. The van der Waals surface area contributed by atoms with E-state index in [4.69, 9.17) is 11.6 Å². The van der Waals surface area contributed by atoms with Crippen molar-refractivity contribution in [1.82, 2.24) is 0 Å². The predicted octanol–water partition coefficient (Wildman–Crippen LogP) is 1.46. The van der Waals surface area contributed by atoms with Gasteiger partial charge in [-0.25, -0.2) is 0 Å². The fraction of sp³-hybridized carbons (Fsp3) is 0.750. The lowest BCUT2D eigenvalue weighted by Crippen LogP contribution is -1.84. The molecule has 0 aromatic heterocycles. The van der Waals surface area contributed by atoms with Crippen LogP contribution in [0, 0.1) is 0 Å². The second kappa shape index (κ2) is 4.47. The lowest BCUT2D eigenvalue weighted by molar-refractivity contribution is -0.111. The Labute approximate surface area is 53.5 Å². The first-order valence-electron chi connectivity index (χ1n) is 2.06. The molecule has 0 saturated heterocycles. The van der Waals surface area contributed by atoms with Gasteiger partial charge in [-0.1, -0.05) is 0 Å². The molecule has 0 bridgehead atoms. The van der Waals surface area contributed by atoms with E-state index in [0.29, 0.717) is 6.42 Å². The van der Waals surface area contributed by atoms with Crippen molar-refractivity contribution in [2.45, 2.75) is 12.8 Å². The number of thiol groups is 1. The van der Waals surface area contributed by atoms with E-state index in [0.717, 1.165) is 12.2 Å². The van der Waals surface area contributed by atoms with Crippen molar-refractivity contribution in [1.29, 1.82) is 0 Å². The van der Waals surface area contributed by atoms with Crippen LogP contribution in [0.25, 0.3) is 0 Å². The zero-order chi connectivity index (χ0) is 5.70. The highest BCUT2D eigenvalue weighted by Crippen LogP contribution is 1.94. The van der Waals surface area contributed by atoms with E-state index in [2.05, 4.69) is 12.6 Å². The van der Waals surface area contributed by atoms with Crippen LogP contribution in [0.5, 0.6) is 0 Å². The van der Waals surface area contributed by atoms with Crippen molar-refractivity contribution >= 4 is 29.5 Å². The molecular formula is C4H7ClOS. The molecule has 1 nitrogen and oxygen atoms in total. The first-order chi connectivity index (χ1) is 3.27. The Morgan fingerprint density at radius 2 is 2.29 bits per heavy atom. The standard InChI is InChI=1S/C4H7ClOS/c5-4(6)2-1-3-7/h7H,1-3H2. The third-order valence-electron chi connectivity index (χ3n) is 0.531. The molecule has 0 fully saturated rings. The molecule has 0 aliphatic rings. The maximum absolute atomic E-state index is 9.93. The molecule has 0 atom stereocenters. The lowest BCUT2D eigenvalue weighted by atomic mass is 10.4. The molecule has 0 radical (unpaired) electrons. The molecule has 0 saturated carbocycles. The fourth-order valence-electron chi connectivity index (χ4n) is 0.218. The van der Waals surface area contributed by atoms with Crippen LogP contribution in [0.4, 0.5) is 0 Å². The molecule has 0 aliphatic carbocycles. The van der Waals surface area contributed by atoms with Crippen LogP contribution >= 0.6 is 24.2 Å². The Morgan fingerprint density at radius 1 is 1.71 bits per heavy atom. The molecule has 3 heteroatoms. The van der Waals surface area contributed by atoms with E-state index in [-0.39, 0.29) is 5.24 Å². The van der Waals surface area contributed by atoms with Crippen LogP contribution in [0.15, 0.2) is 0 Å². The van der Waals surface area contributed by atoms with Gasteiger partial charge >= 0.3 is 0 Å². The van der Waals surface area contributed by atoms with Gasteiger partial charge in [0.05, 0.1) is 0 Å². The van der Waals surface area contributed by atoms with Crippen LogP contribution in [-0.4, -0.2) is 11.0 Å².